The molecule has 3 heteroatoms. The number of hydrogen-bond acceptors (Lipinski definition) is 2. The van der Waals surface area contributed by atoms with E-state index in [4.69, 9.17) is 0 Å². The molecule has 3 aliphatic heterocycles. The van der Waals surface area contributed by atoms with E-state index in [9.17, 15) is 0 Å². The van der Waals surface area contributed by atoms with Gasteiger partial charge in [0.2, 0.25) is 0 Å². The van der Waals surface area contributed by atoms with Crippen LogP contribution in [0.4, 0.5) is 0 Å². The zero-order valence-electron chi connectivity index (χ0n) is 7.67. The topological polar surface area (TPSA) is 6.48 Å². The molecule has 0 aromatic carbocycles. The zero-order valence-corrected chi connectivity index (χ0v) is 9.26. The van der Waals surface area contributed by atoms with Crippen LogP contribution in [0.5, 0.6) is 0 Å². The lowest BCUT2D eigenvalue weighted by Crippen LogP contribution is -2.63. The molecule has 3 heterocycles. The van der Waals surface area contributed by atoms with Crippen LogP contribution in [0, 0.1) is 0 Å². The van der Waals surface area contributed by atoms with Crippen LogP contribution in [0.25, 0.3) is 0 Å². The lowest BCUT2D eigenvalue weighted by atomic mass is 10.0. The molecular formula is C9H17BrN2. The molecule has 0 radical (unpaired) electrons. The van der Waals surface area contributed by atoms with E-state index in [2.05, 4.69) is 32.7 Å². The molecule has 0 saturated carbocycles. The highest BCUT2D eigenvalue weighted by molar-refractivity contribution is 9.09. The first-order valence-corrected chi connectivity index (χ1v) is 5.83. The van der Waals surface area contributed by atoms with Crippen LogP contribution in [-0.2, 0) is 0 Å². The average Bonchev–Trinajstić information content (AvgIpc) is 2.18. The van der Waals surface area contributed by atoms with Gasteiger partial charge in [-0.25, -0.2) is 0 Å². The molecule has 0 N–H and O–H groups in total. The average molecular weight is 233 g/mol. The normalized spacial score (nSPS) is 43.0. The fourth-order valence-electron chi connectivity index (χ4n) is 2.27. The first-order valence-electron chi connectivity index (χ1n) is 4.91. The Morgan fingerprint density at radius 1 is 1.33 bits per heavy atom. The van der Waals surface area contributed by atoms with Crippen molar-refractivity contribution in [3.63, 3.8) is 0 Å². The molecule has 3 saturated heterocycles. The highest BCUT2D eigenvalue weighted by atomic mass is 79.9. The van der Waals surface area contributed by atoms with Gasteiger partial charge in [-0.1, -0.05) is 22.9 Å². The van der Waals surface area contributed by atoms with Crippen molar-refractivity contribution in [1.82, 2.24) is 9.80 Å². The Morgan fingerprint density at radius 3 is 2.42 bits per heavy atom. The Kier molecular flexibility index (Phi) is 2.72. The van der Waals surface area contributed by atoms with Crippen LogP contribution >= 0.6 is 15.9 Å². The molecule has 0 aliphatic carbocycles. The van der Waals surface area contributed by atoms with Crippen LogP contribution in [0.2, 0.25) is 0 Å². The van der Waals surface area contributed by atoms with Crippen LogP contribution in [0.3, 0.4) is 0 Å². The SMILES string of the molecule is CCC(Br)C1CN2CCN1CC2. The molecule has 2 unspecified atom stereocenters. The number of nitrogens with zero attached hydrogens (tertiary/aromatic N) is 2. The third-order valence-electron chi connectivity index (χ3n) is 3.13. The summed E-state index contributed by atoms with van der Waals surface area (Å²) in [7, 11) is 0. The Hall–Kier alpha value is 0.400. The number of piperazine rings is 3. The molecule has 3 aliphatic rings. The van der Waals surface area contributed by atoms with Gasteiger partial charge >= 0.3 is 0 Å². The summed E-state index contributed by atoms with van der Waals surface area (Å²) < 4.78 is 0. The number of rotatable bonds is 2. The lowest BCUT2D eigenvalue weighted by Gasteiger charge is -2.49. The monoisotopic (exact) mass is 232 g/mol. The Balaban J connectivity index is 1.99. The van der Waals surface area contributed by atoms with E-state index in [0.717, 1.165) is 6.04 Å². The molecule has 2 bridgehead atoms. The van der Waals surface area contributed by atoms with Crippen molar-refractivity contribution in [3.8, 4) is 0 Å². The number of hydrogen-bond donors (Lipinski definition) is 0. The minimum absolute atomic E-state index is 0.695. The van der Waals surface area contributed by atoms with Gasteiger partial charge in [-0.2, -0.15) is 0 Å². The van der Waals surface area contributed by atoms with Crippen molar-refractivity contribution in [3.05, 3.63) is 0 Å². The third-order valence-corrected chi connectivity index (χ3v) is 4.39. The smallest absolute Gasteiger partial charge is 0.0349 e. The Labute approximate surface area is 83.0 Å². The fourth-order valence-corrected chi connectivity index (χ4v) is 2.77. The summed E-state index contributed by atoms with van der Waals surface area (Å²) in [5.74, 6) is 0. The number of alkyl halides is 1. The van der Waals surface area contributed by atoms with Crippen molar-refractivity contribution < 1.29 is 0 Å². The molecule has 3 fully saturated rings. The molecule has 12 heavy (non-hydrogen) atoms. The van der Waals surface area contributed by atoms with E-state index in [-0.39, 0.29) is 0 Å². The summed E-state index contributed by atoms with van der Waals surface area (Å²) in [5.41, 5.74) is 0. The first kappa shape index (κ1) is 8.97. The van der Waals surface area contributed by atoms with Gasteiger partial charge in [0, 0.05) is 43.6 Å². The van der Waals surface area contributed by atoms with Gasteiger partial charge in [0.15, 0.2) is 0 Å². The summed E-state index contributed by atoms with van der Waals surface area (Å²) in [5, 5.41) is 0. The molecule has 2 atom stereocenters. The maximum atomic E-state index is 3.77. The van der Waals surface area contributed by atoms with Crippen molar-refractivity contribution in [1.29, 1.82) is 0 Å². The minimum Gasteiger partial charge on any atom is -0.299 e. The van der Waals surface area contributed by atoms with Crippen LogP contribution in [0.15, 0.2) is 0 Å². The minimum atomic E-state index is 0.695. The van der Waals surface area contributed by atoms with E-state index >= 15 is 0 Å². The molecule has 3 rings (SSSR count). The van der Waals surface area contributed by atoms with Gasteiger partial charge in [-0.15, -0.1) is 0 Å². The van der Waals surface area contributed by atoms with Crippen molar-refractivity contribution in [2.75, 3.05) is 32.7 Å². The Morgan fingerprint density at radius 2 is 2.00 bits per heavy atom. The maximum absolute atomic E-state index is 3.77. The van der Waals surface area contributed by atoms with Gasteiger partial charge < -0.3 is 0 Å². The molecule has 0 aromatic rings. The highest BCUT2D eigenvalue weighted by Crippen LogP contribution is 2.23. The van der Waals surface area contributed by atoms with Gasteiger partial charge in [0.25, 0.3) is 0 Å². The predicted octanol–water partition coefficient (Wildman–Crippen LogP) is 1.16. The molecule has 0 aromatic heterocycles. The number of fused-ring (bicyclic) bond motifs is 3. The second-order valence-corrected chi connectivity index (χ2v) is 5.00. The molecule has 0 amide bonds. The van der Waals surface area contributed by atoms with E-state index in [1.54, 1.807) is 0 Å². The highest BCUT2D eigenvalue weighted by Gasteiger charge is 2.34. The van der Waals surface area contributed by atoms with E-state index in [0.29, 0.717) is 4.83 Å². The second kappa shape index (κ2) is 3.64. The van der Waals surface area contributed by atoms with Crippen molar-refractivity contribution >= 4 is 15.9 Å². The maximum Gasteiger partial charge on any atom is 0.0349 e. The molecular weight excluding hydrogens is 216 g/mol. The van der Waals surface area contributed by atoms with Crippen molar-refractivity contribution in [2.24, 2.45) is 0 Å². The fraction of sp³-hybridized carbons (Fsp3) is 1.00. The standard InChI is InChI=1S/C9H17BrN2/c1-2-8(10)9-7-11-3-5-12(9)6-4-11/h8-9H,2-7H2,1H3. The molecule has 0 spiro atoms. The number of halogens is 1. The zero-order chi connectivity index (χ0) is 8.55. The van der Waals surface area contributed by atoms with Gasteiger partial charge in [-0.3, -0.25) is 9.80 Å². The first-order chi connectivity index (χ1) is 5.81. The summed E-state index contributed by atoms with van der Waals surface area (Å²) in [6.45, 7) is 8.70. The molecule has 2 nitrogen and oxygen atoms in total. The van der Waals surface area contributed by atoms with E-state index < -0.39 is 0 Å². The van der Waals surface area contributed by atoms with Crippen LogP contribution in [0.1, 0.15) is 13.3 Å². The predicted molar refractivity (Wildman–Crippen MR) is 54.8 cm³/mol. The second-order valence-electron chi connectivity index (χ2n) is 3.83. The van der Waals surface area contributed by atoms with Gasteiger partial charge in [0.1, 0.15) is 0 Å². The van der Waals surface area contributed by atoms with Gasteiger partial charge in [-0.05, 0) is 6.42 Å². The van der Waals surface area contributed by atoms with E-state index in [1.165, 1.54) is 39.1 Å². The van der Waals surface area contributed by atoms with Gasteiger partial charge in [0.05, 0.1) is 0 Å². The van der Waals surface area contributed by atoms with Crippen LogP contribution in [-0.4, -0.2) is 53.4 Å². The third kappa shape index (κ3) is 1.54. The Bertz CT molecular complexity index is 155. The lowest BCUT2D eigenvalue weighted by molar-refractivity contribution is 0.0130. The summed E-state index contributed by atoms with van der Waals surface area (Å²) in [6.07, 6.45) is 1.25. The van der Waals surface area contributed by atoms with Crippen molar-refractivity contribution in [2.45, 2.75) is 24.2 Å². The summed E-state index contributed by atoms with van der Waals surface area (Å²) in [4.78, 5) is 5.93. The largest absolute Gasteiger partial charge is 0.299 e. The summed E-state index contributed by atoms with van der Waals surface area (Å²) in [6, 6.07) is 0.775. The summed E-state index contributed by atoms with van der Waals surface area (Å²) >= 11 is 3.77. The quantitative estimate of drug-likeness (QED) is 0.660. The molecule has 70 valence electrons. The van der Waals surface area contributed by atoms with E-state index in [1.807, 2.05) is 0 Å². The van der Waals surface area contributed by atoms with Crippen LogP contribution < -0.4 is 0 Å².